The van der Waals surface area contributed by atoms with E-state index >= 15 is 0 Å². The summed E-state index contributed by atoms with van der Waals surface area (Å²) in [7, 11) is 0. The largest absolute Gasteiger partial charge is 0.386 e. The van der Waals surface area contributed by atoms with Crippen LogP contribution in [0.5, 0.6) is 0 Å². The molecule has 7 heteroatoms. The van der Waals surface area contributed by atoms with Gasteiger partial charge in [0.15, 0.2) is 0 Å². The lowest BCUT2D eigenvalue weighted by atomic mass is 10.2. The third-order valence-electron chi connectivity index (χ3n) is 2.74. The maximum Gasteiger partial charge on any atom is 0.269 e. The highest BCUT2D eigenvalue weighted by molar-refractivity contribution is 7.16. The summed E-state index contributed by atoms with van der Waals surface area (Å²) in [6.07, 6.45) is -0.606. The van der Waals surface area contributed by atoms with Gasteiger partial charge in [-0.1, -0.05) is 23.7 Å². The topological polar surface area (TPSA) is 75.4 Å². The predicted molar refractivity (Wildman–Crippen MR) is 79.1 cm³/mol. The van der Waals surface area contributed by atoms with Crippen molar-refractivity contribution in [3.63, 3.8) is 0 Å². The van der Waals surface area contributed by atoms with E-state index in [9.17, 15) is 15.2 Å². The number of benzene rings is 1. The van der Waals surface area contributed by atoms with E-state index in [-0.39, 0.29) is 5.69 Å². The van der Waals surface area contributed by atoms with E-state index in [4.69, 9.17) is 11.6 Å². The van der Waals surface area contributed by atoms with Crippen LogP contribution in [0, 0.1) is 10.1 Å². The van der Waals surface area contributed by atoms with Crippen LogP contribution in [-0.4, -0.2) is 16.6 Å². The normalized spacial score (nSPS) is 12.3. The number of aliphatic hydroxyl groups excluding tert-OH is 1. The molecule has 5 nitrogen and oxygen atoms in total. The van der Waals surface area contributed by atoms with Gasteiger partial charge in [-0.2, -0.15) is 0 Å². The molecule has 0 aliphatic carbocycles. The van der Waals surface area contributed by atoms with Crippen molar-refractivity contribution >= 4 is 28.6 Å². The number of nitro benzene ring substituents is 1. The predicted octanol–water partition coefficient (Wildman–Crippen LogP) is 3.13. The molecular weight excluding hydrogens is 300 g/mol. The first kappa shape index (κ1) is 14.9. The highest BCUT2D eigenvalue weighted by Gasteiger charge is 2.10. The SMILES string of the molecule is O=[N+]([O-])c1ccc(CNCC(O)c2ccc(Cl)s2)cc1. The number of aliphatic hydroxyl groups is 1. The van der Waals surface area contributed by atoms with Crippen LogP contribution in [0.25, 0.3) is 0 Å². The fraction of sp³-hybridized carbons (Fsp3) is 0.231. The maximum absolute atomic E-state index is 10.5. The first-order valence-corrected chi connectivity index (χ1v) is 7.13. The summed E-state index contributed by atoms with van der Waals surface area (Å²) in [5.74, 6) is 0. The van der Waals surface area contributed by atoms with E-state index in [1.165, 1.54) is 23.5 Å². The highest BCUT2D eigenvalue weighted by atomic mass is 35.5. The third-order valence-corrected chi connectivity index (χ3v) is 4.07. The zero-order valence-electron chi connectivity index (χ0n) is 10.5. The summed E-state index contributed by atoms with van der Waals surface area (Å²) in [6, 6.07) is 9.87. The second-order valence-electron chi connectivity index (χ2n) is 4.21. The minimum Gasteiger partial charge on any atom is -0.386 e. The Morgan fingerprint density at radius 3 is 2.55 bits per heavy atom. The van der Waals surface area contributed by atoms with E-state index in [1.807, 2.05) is 0 Å². The molecule has 20 heavy (non-hydrogen) atoms. The minimum absolute atomic E-state index is 0.0713. The number of hydrogen-bond donors (Lipinski definition) is 2. The van der Waals surface area contributed by atoms with Gasteiger partial charge >= 0.3 is 0 Å². The van der Waals surface area contributed by atoms with Crippen LogP contribution in [0.3, 0.4) is 0 Å². The van der Waals surface area contributed by atoms with E-state index in [0.717, 1.165) is 10.4 Å². The molecule has 0 saturated carbocycles. The highest BCUT2D eigenvalue weighted by Crippen LogP contribution is 2.26. The molecule has 0 radical (unpaired) electrons. The number of nitro groups is 1. The second-order valence-corrected chi connectivity index (χ2v) is 5.96. The summed E-state index contributed by atoms with van der Waals surface area (Å²) in [6.45, 7) is 0.933. The lowest BCUT2D eigenvalue weighted by molar-refractivity contribution is -0.384. The molecule has 1 atom stereocenters. The Morgan fingerprint density at radius 1 is 1.30 bits per heavy atom. The van der Waals surface area contributed by atoms with Gasteiger partial charge in [-0.25, -0.2) is 0 Å². The maximum atomic E-state index is 10.5. The number of thiophene rings is 1. The van der Waals surface area contributed by atoms with Gasteiger partial charge in [0.2, 0.25) is 0 Å². The standard InChI is InChI=1S/C13H13ClN2O3S/c14-13-6-5-12(20-13)11(17)8-15-7-9-1-3-10(4-2-9)16(18)19/h1-6,11,15,17H,7-8H2. The van der Waals surface area contributed by atoms with E-state index < -0.39 is 11.0 Å². The molecule has 0 spiro atoms. The molecule has 1 unspecified atom stereocenters. The molecule has 0 aliphatic rings. The first-order chi connectivity index (χ1) is 9.56. The molecule has 0 bridgehead atoms. The average molecular weight is 313 g/mol. The molecule has 0 aliphatic heterocycles. The monoisotopic (exact) mass is 312 g/mol. The molecule has 106 valence electrons. The molecule has 1 heterocycles. The van der Waals surface area contributed by atoms with E-state index in [1.54, 1.807) is 24.3 Å². The molecule has 1 aromatic heterocycles. The van der Waals surface area contributed by atoms with Crippen LogP contribution in [0.2, 0.25) is 4.34 Å². The molecular formula is C13H13ClN2O3S. The summed E-state index contributed by atoms with van der Waals surface area (Å²) < 4.78 is 0.648. The van der Waals surface area contributed by atoms with Crippen molar-refractivity contribution in [2.45, 2.75) is 12.6 Å². The van der Waals surface area contributed by atoms with E-state index in [0.29, 0.717) is 17.4 Å². The van der Waals surface area contributed by atoms with Crippen molar-refractivity contribution in [3.05, 3.63) is 61.3 Å². The van der Waals surface area contributed by atoms with Gasteiger partial charge in [0.25, 0.3) is 5.69 Å². The Hall–Kier alpha value is -1.47. The van der Waals surface area contributed by atoms with Crippen molar-refractivity contribution < 1.29 is 10.0 Å². The fourth-order valence-corrected chi connectivity index (χ4v) is 2.74. The lowest BCUT2D eigenvalue weighted by Gasteiger charge is -2.10. The zero-order valence-corrected chi connectivity index (χ0v) is 12.0. The Labute approximate surface area is 125 Å². The van der Waals surface area contributed by atoms with Crippen LogP contribution in [0.4, 0.5) is 5.69 Å². The van der Waals surface area contributed by atoms with Crippen LogP contribution < -0.4 is 5.32 Å². The van der Waals surface area contributed by atoms with Gasteiger partial charge in [0.1, 0.15) is 6.10 Å². The molecule has 2 aromatic rings. The van der Waals surface area contributed by atoms with E-state index in [2.05, 4.69) is 5.32 Å². The van der Waals surface area contributed by atoms with Crippen LogP contribution in [0.15, 0.2) is 36.4 Å². The fourth-order valence-electron chi connectivity index (χ4n) is 1.70. The molecule has 0 amide bonds. The molecule has 2 rings (SSSR count). The van der Waals surface area contributed by atoms with Crippen molar-refractivity contribution in [3.8, 4) is 0 Å². The lowest BCUT2D eigenvalue weighted by Crippen LogP contribution is -2.20. The quantitative estimate of drug-likeness (QED) is 0.634. The molecule has 1 aromatic carbocycles. The van der Waals surface area contributed by atoms with Crippen LogP contribution >= 0.6 is 22.9 Å². The van der Waals surface area contributed by atoms with Gasteiger partial charge in [-0.15, -0.1) is 11.3 Å². The van der Waals surface area contributed by atoms with Crippen LogP contribution in [0.1, 0.15) is 16.5 Å². The van der Waals surface area contributed by atoms with Crippen molar-refractivity contribution in [2.24, 2.45) is 0 Å². The smallest absolute Gasteiger partial charge is 0.269 e. The van der Waals surface area contributed by atoms with Crippen molar-refractivity contribution in [1.82, 2.24) is 5.32 Å². The molecule has 0 fully saturated rings. The summed E-state index contributed by atoms with van der Waals surface area (Å²) in [4.78, 5) is 10.9. The minimum atomic E-state index is -0.606. The first-order valence-electron chi connectivity index (χ1n) is 5.93. The van der Waals surface area contributed by atoms with Gasteiger partial charge in [-0.05, 0) is 17.7 Å². The van der Waals surface area contributed by atoms with Gasteiger partial charge < -0.3 is 10.4 Å². The number of rotatable bonds is 6. The Balaban J connectivity index is 1.82. The van der Waals surface area contributed by atoms with Crippen LogP contribution in [-0.2, 0) is 6.54 Å². The van der Waals surface area contributed by atoms with Gasteiger partial charge in [0, 0.05) is 30.1 Å². The molecule has 2 N–H and O–H groups in total. The Morgan fingerprint density at radius 2 is 2.00 bits per heavy atom. The summed E-state index contributed by atoms with van der Waals surface area (Å²) in [5.41, 5.74) is 0.994. The second kappa shape index (κ2) is 6.81. The summed E-state index contributed by atoms with van der Waals surface area (Å²) in [5, 5.41) is 23.6. The summed E-state index contributed by atoms with van der Waals surface area (Å²) >= 11 is 7.15. The number of nitrogens with zero attached hydrogens (tertiary/aromatic N) is 1. The number of hydrogen-bond acceptors (Lipinski definition) is 5. The van der Waals surface area contributed by atoms with Crippen molar-refractivity contribution in [2.75, 3.05) is 6.54 Å². The molecule has 0 saturated heterocycles. The number of non-ortho nitro benzene ring substituents is 1. The number of halogens is 1. The zero-order chi connectivity index (χ0) is 14.5. The number of nitrogens with one attached hydrogen (secondary N) is 1. The van der Waals surface area contributed by atoms with Gasteiger partial charge in [-0.3, -0.25) is 10.1 Å². The Kier molecular flexibility index (Phi) is 5.08. The van der Waals surface area contributed by atoms with Gasteiger partial charge in [0.05, 0.1) is 9.26 Å². The Bertz CT molecular complexity index is 586. The average Bonchev–Trinajstić information content (AvgIpc) is 2.86. The third kappa shape index (κ3) is 4.01. The van der Waals surface area contributed by atoms with Crippen molar-refractivity contribution in [1.29, 1.82) is 0 Å².